The van der Waals surface area contributed by atoms with Crippen LogP contribution in [0.3, 0.4) is 0 Å². The summed E-state index contributed by atoms with van der Waals surface area (Å²) in [7, 11) is 0. The number of likely N-dealkylation sites (tertiary alicyclic amines) is 1. The van der Waals surface area contributed by atoms with Crippen molar-refractivity contribution in [3.63, 3.8) is 0 Å². The van der Waals surface area contributed by atoms with Gasteiger partial charge >= 0.3 is 6.09 Å². The lowest BCUT2D eigenvalue weighted by atomic mass is 9.92. The van der Waals surface area contributed by atoms with Gasteiger partial charge in [-0.15, -0.1) is 0 Å². The summed E-state index contributed by atoms with van der Waals surface area (Å²) in [6.45, 7) is 1.49. The van der Waals surface area contributed by atoms with Crippen molar-refractivity contribution in [3.8, 4) is 0 Å². The molecule has 1 heterocycles. The van der Waals surface area contributed by atoms with E-state index in [1.807, 2.05) is 30.3 Å². The molecule has 1 fully saturated rings. The molecule has 1 amide bonds. The highest BCUT2D eigenvalue weighted by Gasteiger charge is 2.33. The van der Waals surface area contributed by atoms with Crippen molar-refractivity contribution in [1.82, 2.24) is 4.90 Å². The molecule has 0 aliphatic carbocycles. The number of piperidine rings is 1. The van der Waals surface area contributed by atoms with Crippen LogP contribution in [0.15, 0.2) is 30.3 Å². The molecule has 5 nitrogen and oxygen atoms in total. The number of nitrogens with zero attached hydrogens (tertiary/aromatic N) is 1. The fraction of sp³-hybridized carbons (Fsp3) is 0.500. The van der Waals surface area contributed by atoms with Crippen LogP contribution >= 0.6 is 0 Å². The van der Waals surface area contributed by atoms with Crippen molar-refractivity contribution in [2.24, 2.45) is 5.73 Å². The molecule has 5 heteroatoms. The van der Waals surface area contributed by atoms with E-state index in [9.17, 15) is 9.90 Å². The molecule has 1 aliphatic rings. The predicted octanol–water partition coefficient (Wildman–Crippen LogP) is 1.11. The number of carbonyl (C=O) groups is 1. The van der Waals surface area contributed by atoms with E-state index in [4.69, 9.17) is 10.5 Å². The van der Waals surface area contributed by atoms with Crippen LogP contribution in [0.2, 0.25) is 0 Å². The number of hydrogen-bond acceptors (Lipinski definition) is 4. The Kier molecular flexibility index (Phi) is 4.39. The molecule has 2 rings (SSSR count). The Morgan fingerprint density at radius 3 is 2.53 bits per heavy atom. The fourth-order valence-corrected chi connectivity index (χ4v) is 2.12. The van der Waals surface area contributed by atoms with Crippen molar-refractivity contribution in [3.05, 3.63) is 35.9 Å². The molecular formula is C14H20N2O3. The molecule has 0 spiro atoms. The van der Waals surface area contributed by atoms with Crippen LogP contribution in [0.5, 0.6) is 0 Å². The van der Waals surface area contributed by atoms with Crippen molar-refractivity contribution in [2.75, 3.05) is 19.6 Å². The normalized spacial score (nSPS) is 18.1. The number of benzene rings is 1. The van der Waals surface area contributed by atoms with Crippen molar-refractivity contribution in [2.45, 2.75) is 25.0 Å². The molecule has 0 atom stereocenters. The van der Waals surface area contributed by atoms with Gasteiger partial charge in [0.05, 0.1) is 5.60 Å². The Morgan fingerprint density at radius 1 is 1.32 bits per heavy atom. The first-order valence-electron chi connectivity index (χ1n) is 6.51. The number of carbonyl (C=O) groups excluding carboxylic acids is 1. The molecule has 0 bridgehead atoms. The summed E-state index contributed by atoms with van der Waals surface area (Å²) in [5, 5.41) is 9.98. The number of nitrogens with two attached hydrogens (primary N) is 1. The SMILES string of the molecule is NCC1(O)CCN(C(=O)OCc2ccccc2)CC1. The van der Waals surface area contributed by atoms with Gasteiger partial charge in [-0.3, -0.25) is 0 Å². The second kappa shape index (κ2) is 6.04. The van der Waals surface area contributed by atoms with Gasteiger partial charge in [-0.1, -0.05) is 30.3 Å². The Morgan fingerprint density at radius 2 is 1.95 bits per heavy atom. The van der Waals surface area contributed by atoms with Crippen molar-refractivity contribution >= 4 is 6.09 Å². The van der Waals surface area contributed by atoms with Gasteiger partial charge in [-0.25, -0.2) is 4.79 Å². The zero-order valence-electron chi connectivity index (χ0n) is 10.9. The molecule has 0 saturated carbocycles. The molecular weight excluding hydrogens is 244 g/mol. The van der Waals surface area contributed by atoms with Gasteiger partial charge in [0.25, 0.3) is 0 Å². The van der Waals surface area contributed by atoms with E-state index in [1.54, 1.807) is 4.90 Å². The summed E-state index contributed by atoms with van der Waals surface area (Å²) in [6, 6.07) is 9.56. The molecule has 3 N–H and O–H groups in total. The summed E-state index contributed by atoms with van der Waals surface area (Å²) in [5.41, 5.74) is 5.65. The van der Waals surface area contributed by atoms with Gasteiger partial charge in [0, 0.05) is 19.6 Å². The summed E-state index contributed by atoms with van der Waals surface area (Å²) < 4.78 is 5.24. The quantitative estimate of drug-likeness (QED) is 0.857. The maximum Gasteiger partial charge on any atom is 0.410 e. The molecule has 0 unspecified atom stereocenters. The first kappa shape index (κ1) is 13.8. The number of rotatable bonds is 3. The van der Waals surface area contributed by atoms with E-state index in [-0.39, 0.29) is 19.2 Å². The molecule has 0 radical (unpaired) electrons. The minimum atomic E-state index is -0.823. The second-order valence-electron chi connectivity index (χ2n) is 4.96. The molecule has 1 aromatic carbocycles. The van der Waals surface area contributed by atoms with Gasteiger partial charge in [0.2, 0.25) is 0 Å². The highest BCUT2D eigenvalue weighted by Crippen LogP contribution is 2.21. The third-order valence-corrected chi connectivity index (χ3v) is 3.54. The Hall–Kier alpha value is -1.59. The maximum absolute atomic E-state index is 11.9. The Labute approximate surface area is 113 Å². The highest BCUT2D eigenvalue weighted by atomic mass is 16.6. The number of hydrogen-bond donors (Lipinski definition) is 2. The van der Waals surface area contributed by atoms with E-state index >= 15 is 0 Å². The topological polar surface area (TPSA) is 75.8 Å². The van der Waals surface area contributed by atoms with E-state index in [0.29, 0.717) is 25.9 Å². The van der Waals surface area contributed by atoms with Crippen molar-refractivity contribution < 1.29 is 14.6 Å². The smallest absolute Gasteiger partial charge is 0.410 e. The Balaban J connectivity index is 1.79. The number of amides is 1. The van der Waals surface area contributed by atoms with Crippen LogP contribution in [0.25, 0.3) is 0 Å². The summed E-state index contributed by atoms with van der Waals surface area (Å²) in [5.74, 6) is 0. The van der Waals surface area contributed by atoms with E-state index in [2.05, 4.69) is 0 Å². The molecule has 0 aromatic heterocycles. The summed E-state index contributed by atoms with van der Waals surface area (Å²) in [6.07, 6.45) is 0.677. The summed E-state index contributed by atoms with van der Waals surface area (Å²) in [4.78, 5) is 13.5. The number of aliphatic hydroxyl groups is 1. The summed E-state index contributed by atoms with van der Waals surface area (Å²) >= 11 is 0. The zero-order chi connectivity index (χ0) is 13.7. The van der Waals surface area contributed by atoms with Gasteiger partial charge in [-0.05, 0) is 18.4 Å². The Bertz CT molecular complexity index is 414. The zero-order valence-corrected chi connectivity index (χ0v) is 10.9. The molecule has 1 saturated heterocycles. The van der Waals surface area contributed by atoms with Crippen LogP contribution < -0.4 is 5.73 Å². The van der Waals surface area contributed by atoms with Gasteiger partial charge < -0.3 is 20.5 Å². The first-order chi connectivity index (χ1) is 9.13. The molecule has 1 aromatic rings. The van der Waals surface area contributed by atoms with Crippen LogP contribution in [-0.4, -0.2) is 41.3 Å². The largest absolute Gasteiger partial charge is 0.445 e. The van der Waals surface area contributed by atoms with E-state index in [1.165, 1.54) is 0 Å². The maximum atomic E-state index is 11.9. The monoisotopic (exact) mass is 264 g/mol. The van der Waals surface area contributed by atoms with Gasteiger partial charge in [0.1, 0.15) is 6.61 Å². The third kappa shape index (κ3) is 3.68. The number of ether oxygens (including phenoxy) is 1. The minimum Gasteiger partial charge on any atom is -0.445 e. The highest BCUT2D eigenvalue weighted by molar-refractivity contribution is 5.67. The second-order valence-corrected chi connectivity index (χ2v) is 4.96. The fourth-order valence-electron chi connectivity index (χ4n) is 2.12. The molecule has 104 valence electrons. The van der Waals surface area contributed by atoms with Crippen LogP contribution in [0.4, 0.5) is 4.79 Å². The average Bonchev–Trinajstić information content (AvgIpc) is 2.47. The lowest BCUT2D eigenvalue weighted by Crippen LogP contribution is -2.50. The first-order valence-corrected chi connectivity index (χ1v) is 6.51. The lowest BCUT2D eigenvalue weighted by Gasteiger charge is -2.36. The lowest BCUT2D eigenvalue weighted by molar-refractivity contribution is -0.0140. The standard InChI is InChI=1S/C14H20N2O3/c15-11-14(18)6-8-16(9-7-14)13(17)19-10-12-4-2-1-3-5-12/h1-5,18H,6-11,15H2. The van der Waals surface area contributed by atoms with Crippen LogP contribution in [0, 0.1) is 0 Å². The van der Waals surface area contributed by atoms with E-state index < -0.39 is 5.60 Å². The molecule has 19 heavy (non-hydrogen) atoms. The predicted molar refractivity (Wildman–Crippen MR) is 71.4 cm³/mol. The van der Waals surface area contributed by atoms with Crippen molar-refractivity contribution in [1.29, 1.82) is 0 Å². The van der Waals surface area contributed by atoms with Crippen LogP contribution in [-0.2, 0) is 11.3 Å². The van der Waals surface area contributed by atoms with Gasteiger partial charge in [-0.2, -0.15) is 0 Å². The minimum absolute atomic E-state index is 0.236. The van der Waals surface area contributed by atoms with Crippen LogP contribution in [0.1, 0.15) is 18.4 Å². The van der Waals surface area contributed by atoms with Gasteiger partial charge in [0.15, 0.2) is 0 Å². The third-order valence-electron chi connectivity index (χ3n) is 3.54. The van der Waals surface area contributed by atoms with E-state index in [0.717, 1.165) is 5.56 Å². The molecule has 1 aliphatic heterocycles. The average molecular weight is 264 g/mol.